The molecule has 1 N–H and O–H groups in total. The molecule has 0 aliphatic carbocycles. The monoisotopic (exact) mass is 241 g/mol. The van der Waals surface area contributed by atoms with E-state index < -0.39 is 0 Å². The molecule has 1 aromatic carbocycles. The zero-order chi connectivity index (χ0) is 12.1. The maximum absolute atomic E-state index is 6.05. The van der Waals surface area contributed by atoms with Crippen molar-refractivity contribution >= 4 is 17.3 Å². The van der Waals surface area contributed by atoms with Crippen LogP contribution in [0.5, 0.6) is 5.75 Å². The topological polar surface area (TPSA) is 21.3 Å². The van der Waals surface area contributed by atoms with Gasteiger partial charge in [-0.2, -0.15) is 0 Å². The highest BCUT2D eigenvalue weighted by Gasteiger charge is 2.09. The molecule has 3 heteroatoms. The Bertz CT molecular complexity index is 352. The number of benzene rings is 1. The highest BCUT2D eigenvalue weighted by atomic mass is 35.5. The fourth-order valence-electron chi connectivity index (χ4n) is 1.72. The van der Waals surface area contributed by atoms with Crippen LogP contribution in [0.15, 0.2) is 12.1 Å². The molecular formula is C13H20ClNO. The molecular weight excluding hydrogens is 222 g/mol. The second-order valence-electron chi connectivity index (χ2n) is 4.14. The Labute approximate surface area is 103 Å². The minimum Gasteiger partial charge on any atom is -0.495 e. The summed E-state index contributed by atoms with van der Waals surface area (Å²) in [4.78, 5) is 0. The average molecular weight is 242 g/mol. The molecule has 90 valence electrons. The maximum atomic E-state index is 6.05. The molecule has 0 aliphatic rings. The van der Waals surface area contributed by atoms with Crippen LogP contribution in [0.2, 0.25) is 5.02 Å². The van der Waals surface area contributed by atoms with Crippen LogP contribution in [-0.4, -0.2) is 13.2 Å². The molecule has 0 fully saturated rings. The summed E-state index contributed by atoms with van der Waals surface area (Å²) in [7, 11) is 1.66. The van der Waals surface area contributed by atoms with Crippen molar-refractivity contribution in [3.05, 3.63) is 22.7 Å². The number of aryl methyl sites for hydroxylation is 1. The van der Waals surface area contributed by atoms with E-state index in [4.69, 9.17) is 16.3 Å². The SMILES string of the molecule is CCCC(C)Nc1cc(C)c(Cl)cc1OC. The fraction of sp³-hybridized carbons (Fsp3) is 0.538. The first-order valence-corrected chi connectivity index (χ1v) is 6.07. The zero-order valence-corrected chi connectivity index (χ0v) is 11.2. The van der Waals surface area contributed by atoms with E-state index in [1.54, 1.807) is 7.11 Å². The second-order valence-corrected chi connectivity index (χ2v) is 4.54. The summed E-state index contributed by atoms with van der Waals surface area (Å²) in [5.41, 5.74) is 2.08. The molecule has 0 saturated heterocycles. The van der Waals surface area contributed by atoms with Gasteiger partial charge in [0.15, 0.2) is 0 Å². The van der Waals surface area contributed by atoms with Gasteiger partial charge in [0, 0.05) is 17.1 Å². The van der Waals surface area contributed by atoms with E-state index >= 15 is 0 Å². The summed E-state index contributed by atoms with van der Waals surface area (Å²) in [6.07, 6.45) is 2.31. The van der Waals surface area contributed by atoms with Crippen LogP contribution >= 0.6 is 11.6 Å². The average Bonchev–Trinajstić information content (AvgIpc) is 2.23. The minimum absolute atomic E-state index is 0.444. The standard InChI is InChI=1S/C13H20ClNO/c1-5-6-10(3)15-12-7-9(2)11(14)8-13(12)16-4/h7-8,10,15H,5-6H2,1-4H3. The molecule has 1 rings (SSSR count). The lowest BCUT2D eigenvalue weighted by Gasteiger charge is -2.18. The lowest BCUT2D eigenvalue weighted by molar-refractivity contribution is 0.416. The summed E-state index contributed by atoms with van der Waals surface area (Å²) >= 11 is 6.05. The maximum Gasteiger partial charge on any atom is 0.143 e. The molecule has 1 aromatic rings. The van der Waals surface area contributed by atoms with E-state index in [9.17, 15) is 0 Å². The van der Waals surface area contributed by atoms with Gasteiger partial charge in [-0.25, -0.2) is 0 Å². The molecule has 1 unspecified atom stereocenters. The van der Waals surface area contributed by atoms with Crippen molar-refractivity contribution in [2.75, 3.05) is 12.4 Å². The van der Waals surface area contributed by atoms with Crippen LogP contribution in [0.1, 0.15) is 32.3 Å². The van der Waals surface area contributed by atoms with Crippen molar-refractivity contribution < 1.29 is 4.74 Å². The lowest BCUT2D eigenvalue weighted by Crippen LogP contribution is -2.15. The van der Waals surface area contributed by atoms with Crippen molar-refractivity contribution in [2.24, 2.45) is 0 Å². The van der Waals surface area contributed by atoms with Crippen LogP contribution in [0.4, 0.5) is 5.69 Å². The number of methoxy groups -OCH3 is 1. The van der Waals surface area contributed by atoms with Gasteiger partial charge in [-0.15, -0.1) is 0 Å². The Morgan fingerprint density at radius 1 is 1.44 bits per heavy atom. The van der Waals surface area contributed by atoms with Crippen molar-refractivity contribution in [3.63, 3.8) is 0 Å². The summed E-state index contributed by atoms with van der Waals surface area (Å²) in [6.45, 7) is 6.35. The predicted molar refractivity (Wildman–Crippen MR) is 70.7 cm³/mol. The number of ether oxygens (including phenoxy) is 1. The minimum atomic E-state index is 0.444. The van der Waals surface area contributed by atoms with Gasteiger partial charge in [0.1, 0.15) is 5.75 Å². The Hall–Kier alpha value is -0.890. The second kappa shape index (κ2) is 6.00. The Morgan fingerprint density at radius 3 is 2.69 bits per heavy atom. The largest absolute Gasteiger partial charge is 0.495 e. The summed E-state index contributed by atoms with van der Waals surface area (Å²) < 4.78 is 5.31. The van der Waals surface area contributed by atoms with Gasteiger partial charge in [0.2, 0.25) is 0 Å². The summed E-state index contributed by atoms with van der Waals surface area (Å²) in [6, 6.07) is 4.34. The van der Waals surface area contributed by atoms with E-state index in [0.29, 0.717) is 6.04 Å². The first kappa shape index (κ1) is 13.2. The molecule has 1 atom stereocenters. The van der Waals surface area contributed by atoms with E-state index in [1.807, 2.05) is 19.1 Å². The van der Waals surface area contributed by atoms with Crippen LogP contribution in [-0.2, 0) is 0 Å². The first-order chi connectivity index (χ1) is 7.58. The molecule has 0 spiro atoms. The molecule has 0 heterocycles. The number of anilines is 1. The fourth-order valence-corrected chi connectivity index (χ4v) is 1.87. The molecule has 2 nitrogen and oxygen atoms in total. The van der Waals surface area contributed by atoms with Gasteiger partial charge >= 0.3 is 0 Å². The van der Waals surface area contributed by atoms with Crippen LogP contribution in [0.25, 0.3) is 0 Å². The van der Waals surface area contributed by atoms with Crippen molar-refractivity contribution in [1.82, 2.24) is 0 Å². The Kier molecular flexibility index (Phi) is 4.94. The smallest absolute Gasteiger partial charge is 0.143 e. The van der Waals surface area contributed by atoms with Crippen molar-refractivity contribution in [1.29, 1.82) is 0 Å². The summed E-state index contributed by atoms with van der Waals surface area (Å²) in [5, 5.41) is 4.19. The van der Waals surface area contributed by atoms with E-state index in [-0.39, 0.29) is 0 Å². The highest BCUT2D eigenvalue weighted by molar-refractivity contribution is 6.31. The third-order valence-electron chi connectivity index (χ3n) is 2.60. The normalized spacial score (nSPS) is 12.3. The molecule has 0 radical (unpaired) electrons. The van der Waals surface area contributed by atoms with Crippen molar-refractivity contribution in [3.8, 4) is 5.75 Å². The third-order valence-corrected chi connectivity index (χ3v) is 3.01. The van der Waals surface area contributed by atoms with Gasteiger partial charge < -0.3 is 10.1 Å². The molecule has 0 aromatic heterocycles. The van der Waals surface area contributed by atoms with Gasteiger partial charge in [-0.1, -0.05) is 24.9 Å². The predicted octanol–water partition coefficient (Wildman–Crippen LogP) is 4.26. The van der Waals surface area contributed by atoms with Crippen LogP contribution < -0.4 is 10.1 Å². The van der Waals surface area contributed by atoms with Gasteiger partial charge in [0.05, 0.1) is 12.8 Å². The number of hydrogen-bond donors (Lipinski definition) is 1. The van der Waals surface area contributed by atoms with E-state index in [2.05, 4.69) is 19.2 Å². The number of rotatable bonds is 5. The molecule has 0 aliphatic heterocycles. The van der Waals surface area contributed by atoms with E-state index in [0.717, 1.165) is 28.4 Å². The number of halogens is 1. The quantitative estimate of drug-likeness (QED) is 0.832. The highest BCUT2D eigenvalue weighted by Crippen LogP contribution is 2.31. The van der Waals surface area contributed by atoms with Gasteiger partial charge in [-0.05, 0) is 31.9 Å². The molecule has 0 saturated carbocycles. The molecule has 0 amide bonds. The zero-order valence-electron chi connectivity index (χ0n) is 10.4. The van der Waals surface area contributed by atoms with Crippen LogP contribution in [0.3, 0.4) is 0 Å². The van der Waals surface area contributed by atoms with Crippen LogP contribution in [0, 0.1) is 6.92 Å². The number of hydrogen-bond acceptors (Lipinski definition) is 2. The Balaban J connectivity index is 2.89. The molecule has 0 bridgehead atoms. The van der Waals surface area contributed by atoms with Gasteiger partial charge in [-0.3, -0.25) is 0 Å². The molecule has 16 heavy (non-hydrogen) atoms. The first-order valence-electron chi connectivity index (χ1n) is 5.69. The Morgan fingerprint density at radius 2 is 2.12 bits per heavy atom. The lowest BCUT2D eigenvalue weighted by atomic mass is 10.1. The van der Waals surface area contributed by atoms with Gasteiger partial charge in [0.25, 0.3) is 0 Å². The summed E-state index contributed by atoms with van der Waals surface area (Å²) in [5.74, 6) is 0.804. The number of nitrogens with one attached hydrogen (secondary N) is 1. The third kappa shape index (κ3) is 3.31. The van der Waals surface area contributed by atoms with E-state index in [1.165, 1.54) is 6.42 Å². The van der Waals surface area contributed by atoms with Crippen molar-refractivity contribution in [2.45, 2.75) is 39.7 Å².